The van der Waals surface area contributed by atoms with Gasteiger partial charge in [0.1, 0.15) is 0 Å². The Labute approximate surface area is 121 Å². The predicted molar refractivity (Wildman–Crippen MR) is 84.5 cm³/mol. The van der Waals surface area contributed by atoms with Crippen molar-refractivity contribution >= 4 is 5.69 Å². The van der Waals surface area contributed by atoms with Crippen LogP contribution in [-0.2, 0) is 25.7 Å². The standard InChI is InChI=1S/C19H21N/c1-4-15-10-9-14(12-16(15)5-1)13-17-6-2-8-19-18(17)7-3-11-20-19/h2,6,8-10,12,20H,1,3-5,7,11,13H2. The first-order valence-corrected chi connectivity index (χ1v) is 7.85. The highest BCUT2D eigenvalue weighted by molar-refractivity contribution is 5.57. The van der Waals surface area contributed by atoms with E-state index >= 15 is 0 Å². The molecule has 0 bridgehead atoms. The number of nitrogens with one attached hydrogen (secondary N) is 1. The summed E-state index contributed by atoms with van der Waals surface area (Å²) in [6.07, 6.45) is 7.46. The third-order valence-corrected chi connectivity index (χ3v) is 4.75. The highest BCUT2D eigenvalue weighted by atomic mass is 14.9. The van der Waals surface area contributed by atoms with Crippen molar-refractivity contribution in [2.24, 2.45) is 0 Å². The number of aryl methyl sites for hydroxylation is 2. The number of benzene rings is 2. The van der Waals surface area contributed by atoms with Crippen molar-refractivity contribution < 1.29 is 0 Å². The Bertz CT molecular complexity index is 642. The van der Waals surface area contributed by atoms with Crippen molar-refractivity contribution in [1.82, 2.24) is 0 Å². The monoisotopic (exact) mass is 263 g/mol. The van der Waals surface area contributed by atoms with Crippen molar-refractivity contribution in [1.29, 1.82) is 0 Å². The highest BCUT2D eigenvalue weighted by Gasteiger charge is 2.14. The van der Waals surface area contributed by atoms with Crippen LogP contribution in [0.3, 0.4) is 0 Å². The van der Waals surface area contributed by atoms with Crippen LogP contribution in [0.15, 0.2) is 36.4 Å². The lowest BCUT2D eigenvalue weighted by Gasteiger charge is -2.21. The summed E-state index contributed by atoms with van der Waals surface area (Å²) in [6.45, 7) is 1.12. The Hall–Kier alpha value is -1.76. The van der Waals surface area contributed by atoms with Crippen molar-refractivity contribution in [2.45, 2.75) is 38.5 Å². The number of fused-ring (bicyclic) bond motifs is 2. The average molecular weight is 263 g/mol. The van der Waals surface area contributed by atoms with Gasteiger partial charge in [-0.2, -0.15) is 0 Å². The van der Waals surface area contributed by atoms with Gasteiger partial charge in [-0.3, -0.25) is 0 Å². The van der Waals surface area contributed by atoms with Gasteiger partial charge in [-0.25, -0.2) is 0 Å². The van der Waals surface area contributed by atoms with E-state index in [0.717, 1.165) is 13.0 Å². The van der Waals surface area contributed by atoms with E-state index in [-0.39, 0.29) is 0 Å². The van der Waals surface area contributed by atoms with Gasteiger partial charge in [0.25, 0.3) is 0 Å². The summed E-state index contributed by atoms with van der Waals surface area (Å²) in [7, 11) is 0. The van der Waals surface area contributed by atoms with Gasteiger partial charge < -0.3 is 5.32 Å². The maximum atomic E-state index is 3.53. The van der Waals surface area contributed by atoms with Crippen LogP contribution in [-0.4, -0.2) is 6.54 Å². The number of rotatable bonds is 2. The zero-order chi connectivity index (χ0) is 13.4. The Morgan fingerprint density at radius 2 is 1.85 bits per heavy atom. The van der Waals surface area contributed by atoms with E-state index in [1.807, 2.05) is 0 Å². The summed E-state index contributed by atoms with van der Waals surface area (Å²) in [5.41, 5.74) is 9.04. The minimum Gasteiger partial charge on any atom is -0.385 e. The molecule has 0 aromatic heterocycles. The molecule has 1 heterocycles. The van der Waals surface area contributed by atoms with E-state index < -0.39 is 0 Å². The molecule has 0 unspecified atom stereocenters. The summed E-state index contributed by atoms with van der Waals surface area (Å²) in [5.74, 6) is 0. The molecule has 0 saturated carbocycles. The largest absolute Gasteiger partial charge is 0.385 e. The maximum absolute atomic E-state index is 3.53. The van der Waals surface area contributed by atoms with Crippen molar-refractivity contribution in [3.8, 4) is 0 Å². The van der Waals surface area contributed by atoms with Gasteiger partial charge in [-0.15, -0.1) is 0 Å². The van der Waals surface area contributed by atoms with Gasteiger partial charge in [-0.1, -0.05) is 30.3 Å². The number of hydrogen-bond acceptors (Lipinski definition) is 1. The molecule has 2 aromatic rings. The van der Waals surface area contributed by atoms with Gasteiger partial charge >= 0.3 is 0 Å². The van der Waals surface area contributed by atoms with Crippen molar-refractivity contribution in [2.75, 3.05) is 11.9 Å². The second kappa shape index (κ2) is 4.97. The summed E-state index contributed by atoms with van der Waals surface area (Å²) in [5, 5.41) is 3.53. The molecule has 1 N–H and O–H groups in total. The average Bonchev–Trinajstić information content (AvgIpc) is 2.95. The van der Waals surface area contributed by atoms with E-state index in [9.17, 15) is 0 Å². The van der Waals surface area contributed by atoms with E-state index in [1.54, 1.807) is 16.7 Å². The van der Waals surface area contributed by atoms with Gasteiger partial charge in [0.05, 0.1) is 0 Å². The summed E-state index contributed by atoms with van der Waals surface area (Å²) in [6, 6.07) is 13.8. The van der Waals surface area contributed by atoms with Crippen LogP contribution >= 0.6 is 0 Å². The molecular weight excluding hydrogens is 242 g/mol. The molecule has 2 aromatic carbocycles. The minimum absolute atomic E-state index is 1.08. The molecule has 1 heteroatoms. The SMILES string of the molecule is c1cc(Cc2ccc3c(c2)CCC3)c2c(c1)NCCC2. The Balaban J connectivity index is 1.66. The third-order valence-electron chi connectivity index (χ3n) is 4.75. The Morgan fingerprint density at radius 1 is 0.900 bits per heavy atom. The fraction of sp³-hybridized carbons (Fsp3) is 0.368. The second-order valence-corrected chi connectivity index (χ2v) is 6.11. The number of hydrogen-bond donors (Lipinski definition) is 1. The van der Waals surface area contributed by atoms with Crippen LogP contribution in [0.4, 0.5) is 5.69 Å². The molecule has 20 heavy (non-hydrogen) atoms. The summed E-state index contributed by atoms with van der Waals surface area (Å²) < 4.78 is 0. The van der Waals surface area contributed by atoms with E-state index in [1.165, 1.54) is 48.9 Å². The fourth-order valence-electron chi connectivity index (χ4n) is 3.70. The third kappa shape index (κ3) is 2.11. The first-order chi connectivity index (χ1) is 9.90. The Kier molecular flexibility index (Phi) is 2.99. The first kappa shape index (κ1) is 12.0. The van der Waals surface area contributed by atoms with Gasteiger partial charge in [0, 0.05) is 12.2 Å². The van der Waals surface area contributed by atoms with Gasteiger partial charge in [0.2, 0.25) is 0 Å². The van der Waals surface area contributed by atoms with Crippen LogP contribution in [0.1, 0.15) is 40.7 Å². The lowest BCUT2D eigenvalue weighted by atomic mass is 9.92. The summed E-state index contributed by atoms with van der Waals surface area (Å²) >= 11 is 0. The summed E-state index contributed by atoms with van der Waals surface area (Å²) in [4.78, 5) is 0. The highest BCUT2D eigenvalue weighted by Crippen LogP contribution is 2.28. The zero-order valence-electron chi connectivity index (χ0n) is 11.9. The van der Waals surface area contributed by atoms with Crippen LogP contribution in [0, 0.1) is 0 Å². The Morgan fingerprint density at radius 3 is 2.85 bits per heavy atom. The lowest BCUT2D eigenvalue weighted by Crippen LogP contribution is -2.13. The van der Waals surface area contributed by atoms with Crippen LogP contribution in [0.5, 0.6) is 0 Å². The molecular formula is C19H21N. The molecule has 0 saturated heterocycles. The molecule has 102 valence electrons. The second-order valence-electron chi connectivity index (χ2n) is 6.11. The van der Waals surface area contributed by atoms with Gasteiger partial charge in [0.15, 0.2) is 0 Å². The molecule has 0 amide bonds. The van der Waals surface area contributed by atoms with Crippen molar-refractivity contribution in [3.63, 3.8) is 0 Å². The van der Waals surface area contributed by atoms with E-state index in [4.69, 9.17) is 0 Å². The molecule has 2 aliphatic rings. The first-order valence-electron chi connectivity index (χ1n) is 7.85. The smallest absolute Gasteiger partial charge is 0.0375 e. The van der Waals surface area contributed by atoms with Crippen LogP contribution < -0.4 is 5.32 Å². The minimum atomic E-state index is 1.08. The van der Waals surface area contributed by atoms with E-state index in [2.05, 4.69) is 41.7 Å². The number of anilines is 1. The van der Waals surface area contributed by atoms with Crippen LogP contribution in [0.25, 0.3) is 0 Å². The van der Waals surface area contributed by atoms with E-state index in [0.29, 0.717) is 0 Å². The molecule has 0 radical (unpaired) electrons. The van der Waals surface area contributed by atoms with Crippen LogP contribution in [0.2, 0.25) is 0 Å². The molecule has 0 spiro atoms. The lowest BCUT2D eigenvalue weighted by molar-refractivity contribution is 0.819. The molecule has 0 fully saturated rings. The molecule has 1 aliphatic carbocycles. The molecule has 1 nitrogen and oxygen atoms in total. The zero-order valence-corrected chi connectivity index (χ0v) is 11.9. The maximum Gasteiger partial charge on any atom is 0.0375 e. The molecule has 0 atom stereocenters. The molecule has 1 aliphatic heterocycles. The quantitative estimate of drug-likeness (QED) is 0.859. The fourth-order valence-corrected chi connectivity index (χ4v) is 3.70. The van der Waals surface area contributed by atoms with Gasteiger partial charge in [-0.05, 0) is 72.4 Å². The topological polar surface area (TPSA) is 12.0 Å². The predicted octanol–water partition coefficient (Wildman–Crippen LogP) is 4.12. The normalized spacial score (nSPS) is 16.4. The van der Waals surface area contributed by atoms with Crippen molar-refractivity contribution in [3.05, 3.63) is 64.2 Å². The molecule has 4 rings (SSSR count).